The number of rotatable bonds is 14. The Morgan fingerprint density at radius 2 is 1.05 bits per heavy atom. The Balaban J connectivity index is 2.68. The van der Waals surface area contributed by atoms with Gasteiger partial charge in [0.15, 0.2) is 0 Å². The Morgan fingerprint density at radius 1 is 0.650 bits per heavy atom. The van der Waals surface area contributed by atoms with E-state index in [2.05, 4.69) is 37.2 Å². The van der Waals surface area contributed by atoms with Crippen LogP contribution < -0.4 is 43.0 Å². The summed E-state index contributed by atoms with van der Waals surface area (Å²) in [7, 11) is 2.39. The van der Waals surface area contributed by atoms with Crippen molar-refractivity contribution in [2.24, 2.45) is 35.3 Å². The van der Waals surface area contributed by atoms with Crippen LogP contribution in [0.4, 0.5) is 0 Å². The lowest BCUT2D eigenvalue weighted by Gasteiger charge is -2.33. The van der Waals surface area contributed by atoms with E-state index in [0.29, 0.717) is 25.7 Å². The normalized spacial score (nSPS) is 25.6. The van der Waals surface area contributed by atoms with Crippen molar-refractivity contribution in [3.63, 3.8) is 0 Å². The number of nitrogens with one attached hydrogen (secondary N) is 7. The van der Waals surface area contributed by atoms with Crippen molar-refractivity contribution in [2.45, 2.75) is 137 Å². The minimum Gasteiger partial charge on any atom is -0.342 e. The van der Waals surface area contributed by atoms with Crippen molar-refractivity contribution >= 4 is 69.0 Å². The van der Waals surface area contributed by atoms with Crippen molar-refractivity contribution in [1.29, 1.82) is 0 Å². The Hall–Kier alpha value is -4.09. The van der Waals surface area contributed by atoms with E-state index < -0.39 is 83.6 Å². The average Bonchev–Trinajstić information content (AvgIpc) is 3.24. The molecule has 0 unspecified atom stereocenters. The van der Waals surface area contributed by atoms with E-state index in [0.717, 1.165) is 5.56 Å². The van der Waals surface area contributed by atoms with Gasteiger partial charge in [0, 0.05) is 17.7 Å². The molecule has 336 valence electrons. The summed E-state index contributed by atoms with van der Waals surface area (Å²) in [6.45, 7) is 18.3. The van der Waals surface area contributed by atoms with E-state index in [1.165, 1.54) is 27.8 Å². The standard InChI is InChI=1S/C43H70N8O7S2/c1-11-25(7)33-40(55)47-30(37(52)45-21-20-29-18-16-15-17-19-29)22-59-60-23-31(46-39(54)32(44)24(5)6)38(53)48-34(26(8)12-2)41(56)50-36(28(10)14-4)43(58)51-35(27(9)13-3)42(57)49-33/h15-21,24-28,30-36H,11-14,22-23,44H2,1-10H3,(H,45,52)(H,46,54)(H,47,55)(H,48,53)(H,49,57)(H,50,56)(H,51,58)/b21-20+/t25-,26-,27-,28-,30-,31-,32-,33-,34-,35-,36-/m0/s1. The smallest absolute Gasteiger partial charge is 0.247 e. The summed E-state index contributed by atoms with van der Waals surface area (Å²) >= 11 is 0. The van der Waals surface area contributed by atoms with Crippen LogP contribution in [-0.4, -0.2) is 95.1 Å². The Morgan fingerprint density at radius 3 is 1.47 bits per heavy atom. The van der Waals surface area contributed by atoms with Gasteiger partial charge in [0.25, 0.3) is 0 Å². The van der Waals surface area contributed by atoms with Crippen molar-refractivity contribution in [2.75, 3.05) is 11.5 Å². The molecule has 0 spiro atoms. The molecule has 17 heteroatoms. The van der Waals surface area contributed by atoms with Gasteiger partial charge in [0.1, 0.15) is 36.3 Å². The monoisotopic (exact) mass is 874 g/mol. The molecule has 0 aromatic heterocycles. The second-order valence-corrected chi connectivity index (χ2v) is 18.8. The van der Waals surface area contributed by atoms with Gasteiger partial charge in [-0.25, -0.2) is 0 Å². The topological polar surface area (TPSA) is 230 Å². The lowest BCUT2D eigenvalue weighted by atomic mass is 9.92. The molecule has 15 nitrogen and oxygen atoms in total. The SMILES string of the molecule is CC[C@H](C)[C@@H]1NC(=O)[C@@H](NC(=O)[C@@H](N)C(C)C)CSSC[C@@H](C(=O)N/C=C/c2ccccc2)NC(=O)[C@H]([C@@H](C)CC)NC(=O)[C@H]([C@@H](C)CC)NC(=O)[C@H]([C@@H](C)CC)NC1=O. The maximum Gasteiger partial charge on any atom is 0.247 e. The third kappa shape index (κ3) is 16.1. The minimum atomic E-state index is -1.14. The molecule has 1 aliphatic rings. The van der Waals surface area contributed by atoms with Gasteiger partial charge in [0.2, 0.25) is 41.4 Å². The van der Waals surface area contributed by atoms with E-state index in [9.17, 15) is 33.6 Å². The van der Waals surface area contributed by atoms with Crippen LogP contribution in [0.15, 0.2) is 36.5 Å². The van der Waals surface area contributed by atoms with Crippen LogP contribution >= 0.6 is 21.6 Å². The second kappa shape index (κ2) is 26.3. The van der Waals surface area contributed by atoms with Gasteiger partial charge in [-0.15, -0.1) is 0 Å². The molecule has 1 fully saturated rings. The highest BCUT2D eigenvalue weighted by molar-refractivity contribution is 8.76. The van der Waals surface area contributed by atoms with Crippen LogP contribution in [0.3, 0.4) is 0 Å². The zero-order chi connectivity index (χ0) is 45.1. The molecular formula is C43H70N8O7S2. The van der Waals surface area contributed by atoms with Crippen LogP contribution in [0.5, 0.6) is 0 Å². The number of nitrogens with two attached hydrogens (primary N) is 1. The zero-order valence-corrected chi connectivity index (χ0v) is 38.6. The largest absolute Gasteiger partial charge is 0.342 e. The van der Waals surface area contributed by atoms with Crippen LogP contribution in [0, 0.1) is 29.6 Å². The molecule has 1 saturated heterocycles. The highest BCUT2D eigenvalue weighted by atomic mass is 33.1. The molecule has 60 heavy (non-hydrogen) atoms. The Bertz CT molecular complexity index is 1620. The number of amides is 7. The summed E-state index contributed by atoms with van der Waals surface area (Å²) in [4.78, 5) is 97.6. The maximum absolute atomic E-state index is 14.2. The van der Waals surface area contributed by atoms with E-state index in [1.54, 1.807) is 26.8 Å². The number of carbonyl (C=O) groups is 7. The highest BCUT2D eigenvalue weighted by Gasteiger charge is 2.38. The molecule has 9 N–H and O–H groups in total. The van der Waals surface area contributed by atoms with Gasteiger partial charge in [-0.05, 0) is 41.2 Å². The first-order valence-corrected chi connectivity index (χ1v) is 23.7. The van der Waals surface area contributed by atoms with Crippen LogP contribution in [-0.2, 0) is 33.6 Å². The predicted octanol–water partition coefficient (Wildman–Crippen LogP) is 3.25. The fraction of sp³-hybridized carbons (Fsp3) is 0.651. The molecule has 2 rings (SSSR count). The third-order valence-corrected chi connectivity index (χ3v) is 13.7. The van der Waals surface area contributed by atoms with E-state index in [-0.39, 0.29) is 41.1 Å². The van der Waals surface area contributed by atoms with Gasteiger partial charge in [-0.3, -0.25) is 33.6 Å². The van der Waals surface area contributed by atoms with Gasteiger partial charge in [-0.1, -0.05) is 147 Å². The molecule has 0 saturated carbocycles. The number of carbonyl (C=O) groups excluding carboxylic acids is 7. The van der Waals surface area contributed by atoms with E-state index >= 15 is 0 Å². The van der Waals surface area contributed by atoms with Crippen LogP contribution in [0.25, 0.3) is 6.08 Å². The molecule has 7 amide bonds. The molecule has 0 radical (unpaired) electrons. The first kappa shape index (κ1) is 52.0. The first-order chi connectivity index (χ1) is 28.4. The van der Waals surface area contributed by atoms with Crippen molar-refractivity contribution in [3.05, 3.63) is 42.1 Å². The maximum atomic E-state index is 14.2. The summed E-state index contributed by atoms with van der Waals surface area (Å²) < 4.78 is 0. The van der Waals surface area contributed by atoms with Gasteiger partial charge < -0.3 is 43.0 Å². The van der Waals surface area contributed by atoms with E-state index in [1.807, 2.05) is 78.8 Å². The van der Waals surface area contributed by atoms with Crippen LogP contribution in [0.1, 0.15) is 100 Å². The first-order valence-electron chi connectivity index (χ1n) is 21.2. The molecule has 1 aromatic carbocycles. The average molecular weight is 875 g/mol. The lowest BCUT2D eigenvalue weighted by Crippen LogP contribution is -2.63. The second-order valence-electron chi connectivity index (χ2n) is 16.2. The minimum absolute atomic E-state index is 0.0124. The fourth-order valence-electron chi connectivity index (χ4n) is 6.11. The summed E-state index contributed by atoms with van der Waals surface area (Å²) in [5.41, 5.74) is 7.01. The van der Waals surface area contributed by atoms with Crippen molar-refractivity contribution in [1.82, 2.24) is 37.2 Å². The molecule has 0 bridgehead atoms. The molecule has 1 aliphatic heterocycles. The number of hydrogen-bond donors (Lipinski definition) is 8. The van der Waals surface area contributed by atoms with E-state index in [4.69, 9.17) is 5.73 Å². The summed E-state index contributed by atoms with van der Waals surface area (Å²) in [6.07, 6.45) is 5.22. The molecule has 0 aliphatic carbocycles. The van der Waals surface area contributed by atoms with Gasteiger partial charge >= 0.3 is 0 Å². The molecule has 1 aromatic rings. The highest BCUT2D eigenvalue weighted by Crippen LogP contribution is 2.24. The summed E-state index contributed by atoms with van der Waals surface area (Å²) in [5, 5.41) is 19.8. The predicted molar refractivity (Wildman–Crippen MR) is 241 cm³/mol. The molecule has 1 heterocycles. The van der Waals surface area contributed by atoms with Gasteiger partial charge in [-0.2, -0.15) is 0 Å². The van der Waals surface area contributed by atoms with Crippen LogP contribution in [0.2, 0.25) is 0 Å². The van der Waals surface area contributed by atoms with Crippen molar-refractivity contribution < 1.29 is 33.6 Å². The quantitative estimate of drug-likeness (QED) is 0.127. The lowest BCUT2D eigenvalue weighted by molar-refractivity contribution is -0.137. The molecule has 11 atom stereocenters. The van der Waals surface area contributed by atoms with Crippen molar-refractivity contribution in [3.8, 4) is 0 Å². The summed E-state index contributed by atoms with van der Waals surface area (Å²) in [5.74, 6) is -5.71. The van der Waals surface area contributed by atoms with Gasteiger partial charge in [0.05, 0.1) is 6.04 Å². The summed E-state index contributed by atoms with van der Waals surface area (Å²) in [6, 6.07) is 1.88. The Labute approximate surface area is 364 Å². The third-order valence-electron chi connectivity index (χ3n) is 11.3. The Kier molecular flexibility index (Phi) is 22.8. The molecular weight excluding hydrogens is 805 g/mol. The number of benzene rings is 1. The zero-order valence-electron chi connectivity index (χ0n) is 37.0. The number of hydrogen-bond acceptors (Lipinski definition) is 10. The fourth-order valence-corrected chi connectivity index (χ4v) is 8.43.